The van der Waals surface area contributed by atoms with Gasteiger partial charge in [-0.2, -0.15) is 0 Å². The number of hydrogen-bond acceptors (Lipinski definition) is 3. The molecular formula is C11H23ClN4O2. The third kappa shape index (κ3) is 6.07. The van der Waals surface area contributed by atoms with Crippen LogP contribution in [0.25, 0.3) is 0 Å². The van der Waals surface area contributed by atoms with Gasteiger partial charge in [-0.1, -0.05) is 19.8 Å². The maximum Gasteiger partial charge on any atom is 0.312 e. The molecular weight excluding hydrogens is 256 g/mol. The first-order valence-electron chi connectivity index (χ1n) is 6.20. The quantitative estimate of drug-likeness (QED) is 0.555. The monoisotopic (exact) mass is 278 g/mol. The maximum atomic E-state index is 11.9. The van der Waals surface area contributed by atoms with Crippen molar-refractivity contribution >= 4 is 24.3 Å². The van der Waals surface area contributed by atoms with Gasteiger partial charge in [0.25, 0.3) is 0 Å². The van der Waals surface area contributed by atoms with Crippen molar-refractivity contribution in [2.45, 2.75) is 44.7 Å². The first-order valence-corrected chi connectivity index (χ1v) is 6.20. The zero-order valence-corrected chi connectivity index (χ0v) is 11.5. The Morgan fingerprint density at radius 1 is 1.50 bits per heavy atom. The summed E-state index contributed by atoms with van der Waals surface area (Å²) in [5, 5.41) is 8.59. The molecule has 1 saturated heterocycles. The lowest BCUT2D eigenvalue weighted by molar-refractivity contribution is -0.123. The zero-order chi connectivity index (χ0) is 12.7. The normalized spacial score (nSPS) is 19.7. The van der Waals surface area contributed by atoms with Gasteiger partial charge in [-0.3, -0.25) is 4.79 Å². The fourth-order valence-electron chi connectivity index (χ4n) is 1.93. The molecule has 5 N–H and O–H groups in total. The number of nitrogens with one attached hydrogen (secondary N) is 3. The maximum absolute atomic E-state index is 11.9. The highest BCUT2D eigenvalue weighted by atomic mass is 35.5. The zero-order valence-electron chi connectivity index (χ0n) is 10.7. The Morgan fingerprint density at radius 2 is 2.22 bits per heavy atom. The number of amides is 3. The van der Waals surface area contributed by atoms with Crippen LogP contribution < -0.4 is 21.7 Å². The minimum absolute atomic E-state index is 0. The Hall–Kier alpha value is -1.01. The predicted molar refractivity (Wildman–Crippen MR) is 72.7 cm³/mol. The van der Waals surface area contributed by atoms with E-state index in [9.17, 15) is 9.59 Å². The van der Waals surface area contributed by atoms with E-state index in [0.29, 0.717) is 6.42 Å². The molecule has 1 aliphatic rings. The van der Waals surface area contributed by atoms with E-state index in [0.717, 1.165) is 32.4 Å². The predicted octanol–water partition coefficient (Wildman–Crippen LogP) is 0.113. The average Bonchev–Trinajstić information content (AvgIpc) is 2.76. The van der Waals surface area contributed by atoms with E-state index >= 15 is 0 Å². The van der Waals surface area contributed by atoms with Gasteiger partial charge in [0.05, 0.1) is 0 Å². The van der Waals surface area contributed by atoms with Gasteiger partial charge in [-0.15, -0.1) is 12.4 Å². The Kier molecular flexibility index (Phi) is 8.49. The number of carbonyl (C=O) groups is 2. The summed E-state index contributed by atoms with van der Waals surface area (Å²) < 4.78 is 0. The number of urea groups is 1. The minimum Gasteiger partial charge on any atom is -0.352 e. The van der Waals surface area contributed by atoms with Gasteiger partial charge in [-0.25, -0.2) is 4.79 Å². The van der Waals surface area contributed by atoms with Crippen LogP contribution in [-0.4, -0.2) is 37.1 Å². The third-order valence-electron chi connectivity index (χ3n) is 2.89. The van der Waals surface area contributed by atoms with Crippen molar-refractivity contribution in [3.05, 3.63) is 0 Å². The molecule has 0 bridgehead atoms. The van der Waals surface area contributed by atoms with Crippen LogP contribution in [0.15, 0.2) is 0 Å². The molecule has 0 aromatic rings. The lowest BCUT2D eigenvalue weighted by Crippen LogP contribution is -2.51. The molecule has 0 spiro atoms. The molecule has 18 heavy (non-hydrogen) atoms. The van der Waals surface area contributed by atoms with Gasteiger partial charge in [-0.05, 0) is 19.4 Å². The van der Waals surface area contributed by atoms with Crippen LogP contribution in [0.2, 0.25) is 0 Å². The fraction of sp³-hybridized carbons (Fsp3) is 0.818. The second-order valence-electron chi connectivity index (χ2n) is 4.40. The van der Waals surface area contributed by atoms with E-state index in [-0.39, 0.29) is 24.4 Å². The summed E-state index contributed by atoms with van der Waals surface area (Å²) >= 11 is 0. The van der Waals surface area contributed by atoms with Crippen molar-refractivity contribution in [1.29, 1.82) is 0 Å². The number of rotatable bonds is 6. The van der Waals surface area contributed by atoms with Gasteiger partial charge in [0.2, 0.25) is 5.91 Å². The van der Waals surface area contributed by atoms with Crippen LogP contribution in [0.4, 0.5) is 4.79 Å². The fourth-order valence-corrected chi connectivity index (χ4v) is 1.93. The van der Waals surface area contributed by atoms with E-state index in [1.165, 1.54) is 0 Å². The molecule has 3 amide bonds. The van der Waals surface area contributed by atoms with Crippen LogP contribution in [0.3, 0.4) is 0 Å². The first-order chi connectivity index (χ1) is 8.13. The van der Waals surface area contributed by atoms with Crippen LogP contribution in [0.5, 0.6) is 0 Å². The second-order valence-corrected chi connectivity index (χ2v) is 4.40. The van der Waals surface area contributed by atoms with E-state index in [4.69, 9.17) is 5.73 Å². The number of unbranched alkanes of at least 4 members (excludes halogenated alkanes) is 1. The second kappa shape index (κ2) is 8.99. The number of halogens is 1. The molecule has 0 saturated carbocycles. The van der Waals surface area contributed by atoms with Gasteiger partial charge >= 0.3 is 6.03 Å². The third-order valence-corrected chi connectivity index (χ3v) is 2.89. The minimum atomic E-state index is -0.647. The first kappa shape index (κ1) is 17.0. The molecule has 1 fully saturated rings. The Balaban J connectivity index is 0.00000289. The van der Waals surface area contributed by atoms with Crippen molar-refractivity contribution in [3.63, 3.8) is 0 Å². The number of primary amides is 1. The van der Waals surface area contributed by atoms with Gasteiger partial charge in [0.15, 0.2) is 0 Å². The summed E-state index contributed by atoms with van der Waals surface area (Å²) in [7, 11) is 0. The Morgan fingerprint density at radius 3 is 2.72 bits per heavy atom. The van der Waals surface area contributed by atoms with Crippen LogP contribution in [0, 0.1) is 0 Å². The highest BCUT2D eigenvalue weighted by molar-refractivity contribution is 5.86. The summed E-state index contributed by atoms with van der Waals surface area (Å²) in [5.41, 5.74) is 5.07. The summed E-state index contributed by atoms with van der Waals surface area (Å²) in [6, 6.07) is -0.986. The molecule has 1 heterocycles. The van der Waals surface area contributed by atoms with Crippen LogP contribution in [0.1, 0.15) is 32.6 Å². The molecule has 0 aromatic carbocycles. The summed E-state index contributed by atoms with van der Waals surface area (Å²) in [4.78, 5) is 22.8. The van der Waals surface area contributed by atoms with Crippen LogP contribution in [-0.2, 0) is 4.79 Å². The molecule has 0 aromatic heterocycles. The van der Waals surface area contributed by atoms with Gasteiger partial charge in [0.1, 0.15) is 6.04 Å². The molecule has 1 aliphatic heterocycles. The molecule has 7 heteroatoms. The van der Waals surface area contributed by atoms with E-state index < -0.39 is 12.1 Å². The lowest BCUT2D eigenvalue weighted by Gasteiger charge is -2.19. The lowest BCUT2D eigenvalue weighted by atomic mass is 10.1. The standard InChI is InChI=1S/C11H22N4O2.ClH/c1-2-3-4-9(15-11(12)17)10(16)14-8-5-6-13-7-8;/h8-9,13H,2-7H2,1H3,(H,14,16)(H3,12,15,17);1H. The smallest absolute Gasteiger partial charge is 0.312 e. The Labute approximate surface area is 114 Å². The number of carbonyl (C=O) groups excluding carboxylic acids is 2. The molecule has 2 unspecified atom stereocenters. The summed E-state index contributed by atoms with van der Waals surface area (Å²) in [5.74, 6) is -0.133. The SMILES string of the molecule is CCCCC(NC(N)=O)C(=O)NC1CCNC1.Cl. The molecule has 106 valence electrons. The average molecular weight is 279 g/mol. The van der Waals surface area contributed by atoms with Crippen molar-refractivity contribution in [3.8, 4) is 0 Å². The largest absolute Gasteiger partial charge is 0.352 e. The van der Waals surface area contributed by atoms with E-state index in [2.05, 4.69) is 16.0 Å². The van der Waals surface area contributed by atoms with Crippen molar-refractivity contribution < 1.29 is 9.59 Å². The highest BCUT2D eigenvalue weighted by Crippen LogP contribution is 2.03. The summed E-state index contributed by atoms with van der Waals surface area (Å²) in [6.45, 7) is 3.76. The van der Waals surface area contributed by atoms with Gasteiger partial charge < -0.3 is 21.7 Å². The molecule has 1 rings (SSSR count). The van der Waals surface area contributed by atoms with Crippen molar-refractivity contribution in [2.24, 2.45) is 5.73 Å². The van der Waals surface area contributed by atoms with Crippen molar-refractivity contribution in [1.82, 2.24) is 16.0 Å². The number of hydrogen-bond donors (Lipinski definition) is 4. The topological polar surface area (TPSA) is 96.2 Å². The molecule has 2 atom stereocenters. The van der Waals surface area contributed by atoms with Crippen molar-refractivity contribution in [2.75, 3.05) is 13.1 Å². The summed E-state index contributed by atoms with van der Waals surface area (Å²) in [6.07, 6.45) is 3.44. The van der Waals surface area contributed by atoms with E-state index in [1.807, 2.05) is 6.92 Å². The highest BCUT2D eigenvalue weighted by Gasteiger charge is 2.23. The van der Waals surface area contributed by atoms with Gasteiger partial charge in [0, 0.05) is 12.6 Å². The molecule has 6 nitrogen and oxygen atoms in total. The van der Waals surface area contributed by atoms with Crippen LogP contribution >= 0.6 is 12.4 Å². The molecule has 0 radical (unpaired) electrons. The number of nitrogens with two attached hydrogens (primary N) is 1. The Bertz CT molecular complexity index is 270. The van der Waals surface area contributed by atoms with E-state index in [1.54, 1.807) is 0 Å². The molecule has 0 aliphatic carbocycles.